The van der Waals surface area contributed by atoms with E-state index in [1.165, 1.54) is 7.11 Å². The molecule has 0 aliphatic carbocycles. The van der Waals surface area contributed by atoms with Gasteiger partial charge in [0.05, 0.1) is 12.5 Å². The minimum Gasteiger partial charge on any atom is -0.497 e. The molecule has 0 atom stereocenters. The molecule has 2 amide bonds. The Morgan fingerprint density at radius 2 is 1.78 bits per heavy atom. The summed E-state index contributed by atoms with van der Waals surface area (Å²) in [4.78, 5) is 37.2. The summed E-state index contributed by atoms with van der Waals surface area (Å²) in [6.45, 7) is 0. The number of anilines is 2. The molecule has 0 radical (unpaired) electrons. The molecule has 0 spiro atoms. The van der Waals surface area contributed by atoms with Gasteiger partial charge in [0.2, 0.25) is 17.2 Å². The van der Waals surface area contributed by atoms with Crippen molar-refractivity contribution in [1.29, 1.82) is 0 Å². The Balaban J connectivity index is 2.05. The second kappa shape index (κ2) is 7.92. The average molecular weight is 387 g/mol. The number of alkyl halides is 1. The number of amides is 2. The van der Waals surface area contributed by atoms with Crippen LogP contribution in [0.3, 0.4) is 0 Å². The summed E-state index contributed by atoms with van der Waals surface area (Å²) in [5.74, 6) is -1.31. The molecule has 138 valence electrons. The van der Waals surface area contributed by atoms with E-state index in [0.29, 0.717) is 11.4 Å². The number of benzene rings is 2. The zero-order chi connectivity index (χ0) is 19.4. The van der Waals surface area contributed by atoms with Crippen LogP contribution in [0.15, 0.2) is 57.7 Å². The Labute approximate surface area is 158 Å². The topological polar surface area (TPSA) is 97.6 Å². The first-order chi connectivity index (χ1) is 13.0. The fraction of sp³-hybridized carbons (Fsp3) is 0.105. The highest BCUT2D eigenvalue weighted by Crippen LogP contribution is 2.22. The van der Waals surface area contributed by atoms with Crippen molar-refractivity contribution in [3.05, 3.63) is 64.3 Å². The third kappa shape index (κ3) is 3.93. The van der Waals surface area contributed by atoms with E-state index < -0.39 is 17.2 Å². The predicted molar refractivity (Wildman–Crippen MR) is 103 cm³/mol. The standard InChI is InChI=1S/C19H15ClN2O5/c1-26-12-8-6-11(7-9-12)21-18(25)16-17(24)13-4-2-3-5-14(13)27-19(16)22-15(23)10-20/h2-9H,10H2,1H3,(H,21,25)(H,22,23). The summed E-state index contributed by atoms with van der Waals surface area (Å²) in [7, 11) is 1.53. The molecule has 1 aromatic heterocycles. The van der Waals surface area contributed by atoms with Crippen molar-refractivity contribution in [3.63, 3.8) is 0 Å². The molecule has 3 rings (SSSR count). The number of nitrogens with one attached hydrogen (secondary N) is 2. The lowest BCUT2D eigenvalue weighted by Crippen LogP contribution is -2.25. The number of methoxy groups -OCH3 is 1. The van der Waals surface area contributed by atoms with Gasteiger partial charge in [-0.3, -0.25) is 19.7 Å². The molecule has 1 heterocycles. The first kappa shape index (κ1) is 18.5. The SMILES string of the molecule is COc1ccc(NC(=O)c2c(NC(=O)CCl)oc3ccccc3c2=O)cc1. The molecule has 0 fully saturated rings. The first-order valence-electron chi connectivity index (χ1n) is 7.90. The van der Waals surface area contributed by atoms with Crippen LogP contribution in [0.25, 0.3) is 11.0 Å². The van der Waals surface area contributed by atoms with Gasteiger partial charge < -0.3 is 14.5 Å². The Morgan fingerprint density at radius 1 is 1.07 bits per heavy atom. The van der Waals surface area contributed by atoms with Crippen molar-refractivity contribution < 1.29 is 18.7 Å². The molecule has 2 N–H and O–H groups in total. The third-order valence-electron chi connectivity index (χ3n) is 3.75. The van der Waals surface area contributed by atoms with E-state index in [1.807, 2.05) is 0 Å². The highest BCUT2D eigenvalue weighted by molar-refractivity contribution is 6.29. The molecule has 27 heavy (non-hydrogen) atoms. The maximum absolute atomic E-state index is 12.8. The van der Waals surface area contributed by atoms with Crippen LogP contribution in [0.2, 0.25) is 0 Å². The van der Waals surface area contributed by atoms with E-state index in [9.17, 15) is 14.4 Å². The Morgan fingerprint density at radius 3 is 2.44 bits per heavy atom. The highest BCUT2D eigenvalue weighted by atomic mass is 35.5. The molecule has 0 aliphatic rings. The molecular formula is C19H15ClN2O5. The molecule has 0 aliphatic heterocycles. The summed E-state index contributed by atoms with van der Waals surface area (Å²) in [5, 5.41) is 5.19. The second-order valence-corrected chi connectivity index (χ2v) is 5.76. The van der Waals surface area contributed by atoms with Gasteiger partial charge >= 0.3 is 0 Å². The molecule has 2 aromatic carbocycles. The zero-order valence-electron chi connectivity index (χ0n) is 14.2. The van der Waals surface area contributed by atoms with Crippen molar-refractivity contribution in [2.75, 3.05) is 23.6 Å². The maximum atomic E-state index is 12.8. The lowest BCUT2D eigenvalue weighted by molar-refractivity contribution is -0.114. The number of carbonyl (C=O) groups excluding carboxylic acids is 2. The van der Waals surface area contributed by atoms with Crippen LogP contribution in [0.5, 0.6) is 5.75 Å². The molecule has 3 aromatic rings. The Kier molecular flexibility index (Phi) is 5.42. The van der Waals surface area contributed by atoms with Gasteiger partial charge in [0, 0.05) is 5.69 Å². The van der Waals surface area contributed by atoms with Crippen LogP contribution < -0.4 is 20.8 Å². The fourth-order valence-corrected chi connectivity index (χ4v) is 2.53. The van der Waals surface area contributed by atoms with Crippen molar-refractivity contribution in [2.45, 2.75) is 0 Å². The Hall–Kier alpha value is -3.32. The molecule has 0 saturated carbocycles. The van der Waals surface area contributed by atoms with Crippen LogP contribution >= 0.6 is 11.6 Å². The maximum Gasteiger partial charge on any atom is 0.265 e. The average Bonchev–Trinajstić information content (AvgIpc) is 2.68. The number of ether oxygens (including phenoxy) is 1. The lowest BCUT2D eigenvalue weighted by Gasteiger charge is -2.11. The predicted octanol–water partition coefficient (Wildman–Crippen LogP) is 3.23. The van der Waals surface area contributed by atoms with Gasteiger partial charge in [-0.25, -0.2) is 0 Å². The van der Waals surface area contributed by atoms with E-state index in [-0.39, 0.29) is 28.3 Å². The van der Waals surface area contributed by atoms with Gasteiger partial charge in [-0.1, -0.05) is 12.1 Å². The molecule has 8 heteroatoms. The van der Waals surface area contributed by atoms with Crippen LogP contribution in [0, 0.1) is 0 Å². The zero-order valence-corrected chi connectivity index (χ0v) is 15.0. The summed E-state index contributed by atoms with van der Waals surface area (Å²) >= 11 is 5.51. The lowest BCUT2D eigenvalue weighted by atomic mass is 10.1. The number of fused-ring (bicyclic) bond motifs is 1. The van der Waals surface area contributed by atoms with E-state index in [2.05, 4.69) is 10.6 Å². The number of hydrogen-bond acceptors (Lipinski definition) is 5. The van der Waals surface area contributed by atoms with Gasteiger partial charge in [0.25, 0.3) is 5.91 Å². The highest BCUT2D eigenvalue weighted by Gasteiger charge is 2.22. The minimum absolute atomic E-state index is 0.223. The van der Waals surface area contributed by atoms with Crippen molar-refractivity contribution in [3.8, 4) is 5.75 Å². The largest absolute Gasteiger partial charge is 0.497 e. The number of rotatable bonds is 5. The summed E-state index contributed by atoms with van der Waals surface area (Å²) in [5.41, 5.74) is -0.188. The van der Waals surface area contributed by atoms with Crippen LogP contribution in [-0.2, 0) is 4.79 Å². The van der Waals surface area contributed by atoms with Crippen LogP contribution in [0.4, 0.5) is 11.6 Å². The van der Waals surface area contributed by atoms with Gasteiger partial charge in [0.1, 0.15) is 22.8 Å². The fourth-order valence-electron chi connectivity index (χ4n) is 2.46. The van der Waals surface area contributed by atoms with E-state index in [4.69, 9.17) is 20.8 Å². The molecule has 0 unspecified atom stereocenters. The molecule has 0 saturated heterocycles. The quantitative estimate of drug-likeness (QED) is 0.656. The number of halogens is 1. The summed E-state index contributed by atoms with van der Waals surface area (Å²) < 4.78 is 10.6. The second-order valence-electron chi connectivity index (χ2n) is 5.50. The van der Waals surface area contributed by atoms with Crippen LogP contribution in [0.1, 0.15) is 10.4 Å². The molecular weight excluding hydrogens is 372 g/mol. The van der Waals surface area contributed by atoms with Crippen molar-refractivity contribution in [2.24, 2.45) is 0 Å². The van der Waals surface area contributed by atoms with Gasteiger partial charge in [0.15, 0.2) is 0 Å². The van der Waals surface area contributed by atoms with E-state index in [1.54, 1.807) is 48.5 Å². The van der Waals surface area contributed by atoms with Crippen LogP contribution in [-0.4, -0.2) is 24.8 Å². The van der Waals surface area contributed by atoms with E-state index in [0.717, 1.165) is 0 Å². The first-order valence-corrected chi connectivity index (χ1v) is 8.44. The molecule has 0 bridgehead atoms. The van der Waals surface area contributed by atoms with Gasteiger partial charge in [-0.2, -0.15) is 0 Å². The van der Waals surface area contributed by atoms with Gasteiger partial charge in [-0.15, -0.1) is 11.6 Å². The summed E-state index contributed by atoms with van der Waals surface area (Å²) in [6.07, 6.45) is 0. The monoisotopic (exact) mass is 386 g/mol. The smallest absolute Gasteiger partial charge is 0.265 e. The minimum atomic E-state index is -0.718. The van der Waals surface area contributed by atoms with Gasteiger partial charge in [-0.05, 0) is 36.4 Å². The van der Waals surface area contributed by atoms with Crippen molar-refractivity contribution in [1.82, 2.24) is 0 Å². The Bertz CT molecular complexity index is 1060. The number of hydrogen-bond donors (Lipinski definition) is 2. The normalized spacial score (nSPS) is 10.4. The summed E-state index contributed by atoms with van der Waals surface area (Å²) in [6, 6.07) is 13.0. The van der Waals surface area contributed by atoms with E-state index >= 15 is 0 Å². The number of para-hydroxylation sites is 1. The van der Waals surface area contributed by atoms with Crippen molar-refractivity contribution >= 4 is 46.0 Å². The molecule has 7 nitrogen and oxygen atoms in total. The number of carbonyl (C=O) groups is 2. The third-order valence-corrected chi connectivity index (χ3v) is 3.99.